The molecule has 0 heterocycles. The van der Waals surface area contributed by atoms with E-state index in [1.165, 1.54) is 17.7 Å². The van der Waals surface area contributed by atoms with Gasteiger partial charge in [0, 0.05) is 24.7 Å². The van der Waals surface area contributed by atoms with Crippen LogP contribution in [0.15, 0.2) is 78.9 Å². The van der Waals surface area contributed by atoms with Crippen LogP contribution in [0.1, 0.15) is 21.5 Å². The van der Waals surface area contributed by atoms with Crippen molar-refractivity contribution in [3.05, 3.63) is 106 Å². The second-order valence-corrected chi connectivity index (χ2v) is 6.01. The van der Waals surface area contributed by atoms with Crippen molar-refractivity contribution in [3.8, 4) is 0 Å². The maximum absolute atomic E-state index is 12.3. The van der Waals surface area contributed by atoms with Gasteiger partial charge in [-0.2, -0.15) is 0 Å². The average Bonchev–Trinajstić information content (AvgIpc) is 2.69. The number of nitrogens with one attached hydrogen (secondary N) is 2. The van der Waals surface area contributed by atoms with Crippen molar-refractivity contribution in [1.82, 2.24) is 5.32 Å². The van der Waals surface area contributed by atoms with E-state index in [9.17, 15) is 14.9 Å². The summed E-state index contributed by atoms with van der Waals surface area (Å²) < 4.78 is 0. The molecule has 0 saturated carbocycles. The summed E-state index contributed by atoms with van der Waals surface area (Å²) in [5.74, 6) is -0.381. The van der Waals surface area contributed by atoms with Crippen LogP contribution in [-0.2, 0) is 13.1 Å². The molecule has 0 aliphatic heterocycles. The molecule has 3 aromatic carbocycles. The molecule has 0 fully saturated rings. The summed E-state index contributed by atoms with van der Waals surface area (Å²) in [6.45, 7) is 1.45. The standard InChI is InChI=1S/C21H19N3O3/c25-21(23-19-8-4-5-9-20(19)24(26)27)18-12-10-17(11-13-18)15-22-14-16-6-2-1-3-7-16/h1-13,22H,14-15H2,(H,23,25). The van der Waals surface area contributed by atoms with Crippen molar-refractivity contribution >= 4 is 17.3 Å². The molecular formula is C21H19N3O3. The Hall–Kier alpha value is -3.51. The second kappa shape index (κ2) is 8.73. The SMILES string of the molecule is O=C(Nc1ccccc1[N+](=O)[O-])c1ccc(CNCc2ccccc2)cc1. The van der Waals surface area contributed by atoms with Crippen LogP contribution >= 0.6 is 0 Å². The number of rotatable bonds is 7. The molecule has 0 spiro atoms. The highest BCUT2D eigenvalue weighted by Gasteiger charge is 2.15. The van der Waals surface area contributed by atoms with Crippen LogP contribution in [0, 0.1) is 10.1 Å². The summed E-state index contributed by atoms with van der Waals surface area (Å²) >= 11 is 0. The van der Waals surface area contributed by atoms with Gasteiger partial charge in [0.25, 0.3) is 11.6 Å². The van der Waals surface area contributed by atoms with Crippen LogP contribution < -0.4 is 10.6 Å². The van der Waals surface area contributed by atoms with Gasteiger partial charge < -0.3 is 10.6 Å². The predicted octanol–water partition coefficient (Wildman–Crippen LogP) is 4.14. The highest BCUT2D eigenvalue weighted by molar-refractivity contribution is 6.05. The van der Waals surface area contributed by atoms with Gasteiger partial charge in [0.05, 0.1) is 4.92 Å². The average molecular weight is 361 g/mol. The lowest BCUT2D eigenvalue weighted by Crippen LogP contribution is -2.14. The Labute approximate surface area is 157 Å². The second-order valence-electron chi connectivity index (χ2n) is 6.01. The Morgan fingerprint density at radius 2 is 1.41 bits per heavy atom. The summed E-state index contributed by atoms with van der Waals surface area (Å²) in [6, 6.07) is 23.3. The maximum atomic E-state index is 12.3. The summed E-state index contributed by atoms with van der Waals surface area (Å²) in [5, 5.41) is 17.0. The lowest BCUT2D eigenvalue weighted by molar-refractivity contribution is -0.383. The molecule has 3 rings (SSSR count). The van der Waals surface area contributed by atoms with Crippen LogP contribution in [0.3, 0.4) is 0 Å². The van der Waals surface area contributed by atoms with Crippen molar-refractivity contribution in [1.29, 1.82) is 0 Å². The van der Waals surface area contributed by atoms with E-state index in [0.717, 1.165) is 12.1 Å². The van der Waals surface area contributed by atoms with Gasteiger partial charge in [-0.1, -0.05) is 54.6 Å². The van der Waals surface area contributed by atoms with Crippen LogP contribution in [0.4, 0.5) is 11.4 Å². The fourth-order valence-electron chi connectivity index (χ4n) is 2.65. The van der Waals surface area contributed by atoms with E-state index in [1.807, 2.05) is 30.3 Å². The van der Waals surface area contributed by atoms with Gasteiger partial charge in [0.2, 0.25) is 0 Å². The van der Waals surface area contributed by atoms with Crippen molar-refractivity contribution < 1.29 is 9.72 Å². The number of nitrogens with zero attached hydrogens (tertiary/aromatic N) is 1. The summed E-state index contributed by atoms with van der Waals surface area (Å²) in [5.41, 5.74) is 2.75. The topological polar surface area (TPSA) is 84.3 Å². The number of nitro benzene ring substituents is 1. The highest BCUT2D eigenvalue weighted by Crippen LogP contribution is 2.23. The molecule has 0 aliphatic rings. The normalized spacial score (nSPS) is 10.4. The van der Waals surface area contributed by atoms with Gasteiger partial charge in [-0.15, -0.1) is 0 Å². The lowest BCUT2D eigenvalue weighted by Gasteiger charge is -2.08. The molecule has 0 unspecified atom stereocenters. The van der Waals surface area contributed by atoms with Crippen LogP contribution in [-0.4, -0.2) is 10.8 Å². The number of nitro groups is 1. The summed E-state index contributed by atoms with van der Waals surface area (Å²) in [7, 11) is 0. The number of para-hydroxylation sites is 2. The number of carbonyl (C=O) groups is 1. The smallest absolute Gasteiger partial charge is 0.292 e. The molecule has 2 N–H and O–H groups in total. The molecule has 0 aliphatic carbocycles. The Morgan fingerprint density at radius 3 is 2.07 bits per heavy atom. The molecule has 0 bridgehead atoms. The van der Waals surface area contributed by atoms with Crippen molar-refractivity contribution in [2.75, 3.05) is 5.32 Å². The summed E-state index contributed by atoms with van der Waals surface area (Å²) in [4.78, 5) is 22.9. The molecule has 6 heteroatoms. The third kappa shape index (κ3) is 4.99. The third-order valence-corrected chi connectivity index (χ3v) is 4.07. The minimum Gasteiger partial charge on any atom is -0.316 e. The summed E-state index contributed by atoms with van der Waals surface area (Å²) in [6.07, 6.45) is 0. The molecule has 6 nitrogen and oxygen atoms in total. The zero-order valence-electron chi connectivity index (χ0n) is 14.6. The van der Waals surface area contributed by atoms with Crippen molar-refractivity contribution in [2.24, 2.45) is 0 Å². The van der Waals surface area contributed by atoms with Gasteiger partial charge in [-0.3, -0.25) is 14.9 Å². The Bertz CT molecular complexity index is 925. The molecule has 3 aromatic rings. The zero-order valence-corrected chi connectivity index (χ0v) is 14.6. The molecule has 1 amide bonds. The van der Waals surface area contributed by atoms with Gasteiger partial charge in [0.15, 0.2) is 0 Å². The Morgan fingerprint density at radius 1 is 0.815 bits per heavy atom. The molecule has 0 radical (unpaired) electrons. The first-order valence-corrected chi connectivity index (χ1v) is 8.52. The monoisotopic (exact) mass is 361 g/mol. The van der Waals surface area contributed by atoms with E-state index < -0.39 is 4.92 Å². The third-order valence-electron chi connectivity index (χ3n) is 4.07. The van der Waals surface area contributed by atoms with E-state index in [1.54, 1.807) is 24.3 Å². The number of carbonyl (C=O) groups excluding carboxylic acids is 1. The fraction of sp³-hybridized carbons (Fsp3) is 0.0952. The highest BCUT2D eigenvalue weighted by atomic mass is 16.6. The van der Waals surface area contributed by atoms with E-state index in [0.29, 0.717) is 12.1 Å². The quantitative estimate of drug-likeness (QED) is 0.489. The number of anilines is 1. The van der Waals surface area contributed by atoms with E-state index in [-0.39, 0.29) is 17.3 Å². The maximum Gasteiger partial charge on any atom is 0.292 e. The van der Waals surface area contributed by atoms with Crippen LogP contribution in [0.5, 0.6) is 0 Å². The van der Waals surface area contributed by atoms with Gasteiger partial charge in [-0.25, -0.2) is 0 Å². The number of amides is 1. The minimum absolute atomic E-state index is 0.132. The number of benzene rings is 3. The lowest BCUT2D eigenvalue weighted by atomic mass is 10.1. The largest absolute Gasteiger partial charge is 0.316 e. The molecule has 0 atom stereocenters. The number of hydrogen-bond donors (Lipinski definition) is 2. The molecule has 0 aromatic heterocycles. The first kappa shape index (κ1) is 18.3. The fourth-order valence-corrected chi connectivity index (χ4v) is 2.65. The molecule has 136 valence electrons. The first-order valence-electron chi connectivity index (χ1n) is 8.52. The zero-order chi connectivity index (χ0) is 19.1. The van der Waals surface area contributed by atoms with E-state index >= 15 is 0 Å². The van der Waals surface area contributed by atoms with E-state index in [4.69, 9.17) is 0 Å². The van der Waals surface area contributed by atoms with Crippen LogP contribution in [0.2, 0.25) is 0 Å². The van der Waals surface area contributed by atoms with Crippen molar-refractivity contribution in [2.45, 2.75) is 13.1 Å². The van der Waals surface area contributed by atoms with Gasteiger partial charge >= 0.3 is 0 Å². The van der Waals surface area contributed by atoms with Crippen molar-refractivity contribution in [3.63, 3.8) is 0 Å². The molecular weight excluding hydrogens is 342 g/mol. The Kier molecular flexibility index (Phi) is 5.91. The van der Waals surface area contributed by atoms with Gasteiger partial charge in [0.1, 0.15) is 5.69 Å². The van der Waals surface area contributed by atoms with E-state index in [2.05, 4.69) is 22.8 Å². The molecule has 0 saturated heterocycles. The Balaban J connectivity index is 1.58. The predicted molar refractivity (Wildman–Crippen MR) is 104 cm³/mol. The minimum atomic E-state index is -0.517. The van der Waals surface area contributed by atoms with Crippen LogP contribution in [0.25, 0.3) is 0 Å². The van der Waals surface area contributed by atoms with Gasteiger partial charge in [-0.05, 0) is 29.3 Å². The molecule has 27 heavy (non-hydrogen) atoms. The number of hydrogen-bond acceptors (Lipinski definition) is 4. The first-order chi connectivity index (χ1) is 13.1.